The third kappa shape index (κ3) is 1.92. The van der Waals surface area contributed by atoms with Crippen LogP contribution in [0.3, 0.4) is 0 Å². The SMILES string of the molecule is COC(=O)c1cc(S(=O)(=O)n2cccc2)cn1C. The molecule has 2 aromatic rings. The van der Waals surface area contributed by atoms with Gasteiger partial charge in [-0.2, -0.15) is 0 Å². The number of carbonyl (C=O) groups is 1. The van der Waals surface area contributed by atoms with E-state index in [1.165, 1.54) is 36.3 Å². The number of ether oxygens (including phenoxy) is 1. The highest BCUT2D eigenvalue weighted by molar-refractivity contribution is 7.90. The zero-order valence-electron chi connectivity index (χ0n) is 9.90. The molecule has 0 saturated carbocycles. The lowest BCUT2D eigenvalue weighted by atomic mass is 10.4. The highest BCUT2D eigenvalue weighted by Crippen LogP contribution is 2.17. The molecule has 0 spiro atoms. The Morgan fingerprint density at radius 3 is 2.44 bits per heavy atom. The van der Waals surface area contributed by atoms with Gasteiger partial charge in [0, 0.05) is 25.6 Å². The standard InChI is InChI=1S/C11H12N2O4S/c1-12-8-9(7-10(12)11(14)17-2)18(15,16)13-5-3-4-6-13/h3-8H,1-2H3. The third-order valence-corrected chi connectivity index (χ3v) is 4.14. The zero-order chi connectivity index (χ0) is 13.3. The van der Waals surface area contributed by atoms with Crippen molar-refractivity contribution < 1.29 is 17.9 Å². The molecule has 2 aromatic heterocycles. The Balaban J connectivity index is 2.51. The first-order chi connectivity index (χ1) is 8.46. The van der Waals surface area contributed by atoms with Crippen LogP contribution in [0, 0.1) is 0 Å². The summed E-state index contributed by atoms with van der Waals surface area (Å²) in [6.45, 7) is 0. The maximum absolute atomic E-state index is 12.2. The molecule has 0 aliphatic rings. The van der Waals surface area contributed by atoms with Gasteiger partial charge in [-0.15, -0.1) is 0 Å². The number of hydrogen-bond donors (Lipinski definition) is 0. The number of nitrogens with zero attached hydrogens (tertiary/aromatic N) is 2. The van der Waals surface area contributed by atoms with Gasteiger partial charge in [0.05, 0.1) is 7.11 Å². The van der Waals surface area contributed by atoms with E-state index in [-0.39, 0.29) is 10.6 Å². The number of rotatable bonds is 3. The van der Waals surface area contributed by atoms with E-state index in [0.717, 1.165) is 3.97 Å². The van der Waals surface area contributed by atoms with Gasteiger partial charge in [0.15, 0.2) is 0 Å². The van der Waals surface area contributed by atoms with Gasteiger partial charge in [0.2, 0.25) is 0 Å². The van der Waals surface area contributed by atoms with Gasteiger partial charge in [-0.1, -0.05) is 0 Å². The van der Waals surface area contributed by atoms with Crippen LogP contribution in [-0.4, -0.2) is 30.0 Å². The molecule has 0 bridgehead atoms. The van der Waals surface area contributed by atoms with Crippen LogP contribution in [0.25, 0.3) is 0 Å². The molecule has 0 fully saturated rings. The average Bonchev–Trinajstić information content (AvgIpc) is 2.97. The molecule has 0 N–H and O–H groups in total. The van der Waals surface area contributed by atoms with E-state index in [2.05, 4.69) is 4.74 Å². The maximum Gasteiger partial charge on any atom is 0.354 e. The number of hydrogen-bond acceptors (Lipinski definition) is 4. The molecule has 0 atom stereocenters. The molecular formula is C11H12N2O4S. The molecule has 0 aliphatic carbocycles. The Morgan fingerprint density at radius 2 is 1.89 bits per heavy atom. The first kappa shape index (κ1) is 12.4. The van der Waals surface area contributed by atoms with Crippen molar-refractivity contribution in [2.75, 3.05) is 7.11 Å². The van der Waals surface area contributed by atoms with Gasteiger partial charge in [-0.25, -0.2) is 17.2 Å². The Bertz CT molecular complexity index is 668. The van der Waals surface area contributed by atoms with Crippen LogP contribution in [0.5, 0.6) is 0 Å². The molecule has 7 heteroatoms. The lowest BCUT2D eigenvalue weighted by Crippen LogP contribution is -2.09. The van der Waals surface area contributed by atoms with Crippen molar-refractivity contribution in [2.24, 2.45) is 7.05 Å². The summed E-state index contributed by atoms with van der Waals surface area (Å²) in [6.07, 6.45) is 4.24. The minimum absolute atomic E-state index is 0.0431. The molecule has 0 unspecified atom stereocenters. The number of esters is 1. The van der Waals surface area contributed by atoms with Gasteiger partial charge in [-0.05, 0) is 18.2 Å². The average molecular weight is 268 g/mol. The minimum atomic E-state index is -3.65. The van der Waals surface area contributed by atoms with Crippen LogP contribution in [0.15, 0.2) is 41.7 Å². The van der Waals surface area contributed by atoms with Crippen molar-refractivity contribution in [3.63, 3.8) is 0 Å². The third-order valence-electron chi connectivity index (χ3n) is 2.53. The predicted octanol–water partition coefficient (Wildman–Crippen LogP) is 0.850. The number of aryl methyl sites for hydroxylation is 1. The van der Waals surface area contributed by atoms with Crippen LogP contribution in [0.1, 0.15) is 10.5 Å². The topological polar surface area (TPSA) is 70.3 Å². The minimum Gasteiger partial charge on any atom is -0.464 e. The van der Waals surface area contributed by atoms with Crippen molar-refractivity contribution in [3.8, 4) is 0 Å². The Labute approximate surface area is 104 Å². The van der Waals surface area contributed by atoms with Crippen molar-refractivity contribution in [2.45, 2.75) is 4.90 Å². The van der Waals surface area contributed by atoms with Gasteiger partial charge in [0.25, 0.3) is 10.0 Å². The summed E-state index contributed by atoms with van der Waals surface area (Å²) in [5.74, 6) is -0.577. The second-order valence-corrected chi connectivity index (χ2v) is 5.52. The summed E-state index contributed by atoms with van der Waals surface area (Å²) >= 11 is 0. The highest BCUT2D eigenvalue weighted by atomic mass is 32.2. The largest absolute Gasteiger partial charge is 0.464 e. The fourth-order valence-electron chi connectivity index (χ4n) is 1.58. The summed E-state index contributed by atoms with van der Waals surface area (Å²) in [7, 11) is -0.821. The zero-order valence-corrected chi connectivity index (χ0v) is 10.7. The van der Waals surface area contributed by atoms with Crippen molar-refractivity contribution in [1.82, 2.24) is 8.54 Å². The van der Waals surface area contributed by atoms with Gasteiger partial charge < -0.3 is 9.30 Å². The normalized spacial score (nSPS) is 11.4. The second-order valence-electron chi connectivity index (χ2n) is 3.68. The van der Waals surface area contributed by atoms with Gasteiger partial charge >= 0.3 is 5.97 Å². The lowest BCUT2D eigenvalue weighted by molar-refractivity contribution is 0.0590. The summed E-state index contributed by atoms with van der Waals surface area (Å²) < 4.78 is 31.4. The smallest absolute Gasteiger partial charge is 0.354 e. The summed E-state index contributed by atoms with van der Waals surface area (Å²) in [4.78, 5) is 11.5. The summed E-state index contributed by atoms with van der Waals surface area (Å²) in [5.41, 5.74) is 0.184. The second kappa shape index (κ2) is 4.34. The fourth-order valence-corrected chi connectivity index (χ4v) is 2.84. The Kier molecular flexibility index (Phi) is 3.00. The van der Waals surface area contributed by atoms with Gasteiger partial charge in [0.1, 0.15) is 10.6 Å². The van der Waals surface area contributed by atoms with E-state index in [0.29, 0.717) is 0 Å². The van der Waals surface area contributed by atoms with Crippen LogP contribution >= 0.6 is 0 Å². The highest BCUT2D eigenvalue weighted by Gasteiger charge is 2.21. The molecule has 0 aromatic carbocycles. The molecule has 0 saturated heterocycles. The Hall–Kier alpha value is -2.02. The molecule has 2 heterocycles. The number of aromatic nitrogens is 2. The molecule has 0 radical (unpaired) electrons. The van der Waals surface area contributed by atoms with E-state index in [9.17, 15) is 13.2 Å². The predicted molar refractivity (Wildman–Crippen MR) is 63.8 cm³/mol. The quantitative estimate of drug-likeness (QED) is 0.774. The van der Waals surface area contributed by atoms with Crippen LogP contribution in [0.4, 0.5) is 0 Å². The first-order valence-corrected chi connectivity index (χ1v) is 6.54. The molecular weight excluding hydrogens is 256 g/mol. The van der Waals surface area contributed by atoms with Crippen molar-refractivity contribution in [1.29, 1.82) is 0 Å². The maximum atomic E-state index is 12.2. The van der Waals surface area contributed by atoms with Crippen molar-refractivity contribution >= 4 is 16.0 Å². The lowest BCUT2D eigenvalue weighted by Gasteiger charge is -2.01. The molecule has 18 heavy (non-hydrogen) atoms. The van der Waals surface area contributed by atoms with Crippen LogP contribution in [0.2, 0.25) is 0 Å². The van der Waals surface area contributed by atoms with E-state index in [1.807, 2.05) is 0 Å². The van der Waals surface area contributed by atoms with E-state index in [4.69, 9.17) is 0 Å². The Morgan fingerprint density at radius 1 is 1.28 bits per heavy atom. The monoisotopic (exact) mass is 268 g/mol. The van der Waals surface area contributed by atoms with Crippen molar-refractivity contribution in [3.05, 3.63) is 42.5 Å². The molecule has 0 aliphatic heterocycles. The van der Waals surface area contributed by atoms with Crippen LogP contribution < -0.4 is 0 Å². The van der Waals surface area contributed by atoms with E-state index >= 15 is 0 Å². The van der Waals surface area contributed by atoms with Crippen LogP contribution in [-0.2, 0) is 21.8 Å². The summed E-state index contributed by atoms with van der Waals surface area (Å²) in [5, 5.41) is 0. The summed E-state index contributed by atoms with van der Waals surface area (Å²) in [6, 6.07) is 4.52. The number of methoxy groups -OCH3 is 1. The van der Waals surface area contributed by atoms with E-state index in [1.54, 1.807) is 19.2 Å². The number of carbonyl (C=O) groups excluding carboxylic acids is 1. The molecule has 6 nitrogen and oxygen atoms in total. The first-order valence-electron chi connectivity index (χ1n) is 5.10. The fraction of sp³-hybridized carbons (Fsp3) is 0.182. The molecule has 96 valence electrons. The molecule has 2 rings (SSSR count). The van der Waals surface area contributed by atoms with E-state index < -0.39 is 16.0 Å². The van der Waals surface area contributed by atoms with Gasteiger partial charge in [-0.3, -0.25) is 0 Å². The molecule has 0 amide bonds.